The average Bonchev–Trinajstić information content (AvgIpc) is 2.90. The lowest BCUT2D eigenvalue weighted by molar-refractivity contribution is -0.147. The maximum atomic E-state index is 12.7. The van der Waals surface area contributed by atoms with Gasteiger partial charge >= 0.3 is 5.97 Å². The summed E-state index contributed by atoms with van der Waals surface area (Å²) in [6.45, 7) is 0.500. The molecule has 2 rings (SSSR count). The van der Waals surface area contributed by atoms with Crippen molar-refractivity contribution >= 4 is 18.0 Å². The molecule has 0 unspecified atom stereocenters. The number of rotatable bonds is 4. The average molecular weight is 277 g/mol. The molecule has 1 atom stereocenters. The molecule has 1 aliphatic heterocycles. The fourth-order valence-corrected chi connectivity index (χ4v) is 2.31. The lowest BCUT2D eigenvalue weighted by atomic mass is 10.2. The molecule has 1 aliphatic rings. The number of aliphatic carboxylic acids is 1. The number of carboxylic acid groups (broad SMARTS) is 1. The van der Waals surface area contributed by atoms with Crippen molar-refractivity contribution in [3.8, 4) is 0 Å². The van der Waals surface area contributed by atoms with Crippen LogP contribution in [0.1, 0.15) is 24.8 Å². The fourth-order valence-electron chi connectivity index (χ4n) is 2.31. The van der Waals surface area contributed by atoms with E-state index in [9.17, 15) is 14.0 Å². The summed E-state index contributed by atoms with van der Waals surface area (Å²) in [7, 11) is 0. The number of carbonyl (C=O) groups excluding carboxylic acids is 1. The summed E-state index contributed by atoms with van der Waals surface area (Å²) < 4.78 is 12.7. The molecule has 5 heteroatoms. The van der Waals surface area contributed by atoms with Crippen molar-refractivity contribution in [3.05, 3.63) is 41.7 Å². The van der Waals surface area contributed by atoms with Crippen LogP contribution >= 0.6 is 0 Å². The third-order valence-electron chi connectivity index (χ3n) is 3.33. The second-order valence-corrected chi connectivity index (χ2v) is 4.74. The lowest BCUT2D eigenvalue weighted by Gasteiger charge is -2.20. The summed E-state index contributed by atoms with van der Waals surface area (Å²) >= 11 is 0. The smallest absolute Gasteiger partial charge is 0.326 e. The second-order valence-electron chi connectivity index (χ2n) is 4.74. The van der Waals surface area contributed by atoms with E-state index in [2.05, 4.69) is 0 Å². The molecule has 0 aromatic heterocycles. The van der Waals surface area contributed by atoms with Crippen LogP contribution in [-0.4, -0.2) is 34.5 Å². The van der Waals surface area contributed by atoms with Crippen molar-refractivity contribution in [2.45, 2.75) is 25.3 Å². The van der Waals surface area contributed by atoms with Gasteiger partial charge in [0.25, 0.3) is 0 Å². The first-order valence-corrected chi connectivity index (χ1v) is 6.52. The van der Waals surface area contributed by atoms with Crippen molar-refractivity contribution in [1.82, 2.24) is 4.90 Å². The summed E-state index contributed by atoms with van der Waals surface area (Å²) in [4.78, 5) is 24.4. The molecule has 1 amide bonds. The molecule has 1 heterocycles. The zero-order valence-corrected chi connectivity index (χ0v) is 11.0. The highest BCUT2D eigenvalue weighted by molar-refractivity contribution is 5.85. The number of amides is 1. The molecule has 0 aliphatic carbocycles. The highest BCUT2D eigenvalue weighted by Gasteiger charge is 2.33. The molecule has 0 radical (unpaired) electrons. The minimum atomic E-state index is -0.946. The Morgan fingerprint density at radius 3 is 2.70 bits per heavy atom. The second kappa shape index (κ2) is 6.32. The Balaban J connectivity index is 1.91. The van der Waals surface area contributed by atoms with Crippen LogP contribution in [0.25, 0.3) is 6.08 Å². The van der Waals surface area contributed by atoms with Crippen LogP contribution in [-0.2, 0) is 9.59 Å². The van der Waals surface area contributed by atoms with Crippen LogP contribution in [0.15, 0.2) is 30.3 Å². The number of hydrogen-bond acceptors (Lipinski definition) is 2. The van der Waals surface area contributed by atoms with Gasteiger partial charge in [-0.05, 0) is 30.5 Å². The van der Waals surface area contributed by atoms with Gasteiger partial charge in [-0.3, -0.25) is 4.79 Å². The zero-order valence-electron chi connectivity index (χ0n) is 11.0. The highest BCUT2D eigenvalue weighted by atomic mass is 19.1. The molecule has 1 aromatic rings. The van der Waals surface area contributed by atoms with Crippen molar-refractivity contribution < 1.29 is 19.1 Å². The topological polar surface area (TPSA) is 57.6 Å². The first kappa shape index (κ1) is 14.2. The Morgan fingerprint density at radius 1 is 1.35 bits per heavy atom. The van der Waals surface area contributed by atoms with Gasteiger partial charge in [-0.2, -0.15) is 0 Å². The van der Waals surface area contributed by atoms with Crippen LogP contribution in [0.3, 0.4) is 0 Å². The third kappa shape index (κ3) is 3.44. The lowest BCUT2D eigenvalue weighted by Crippen LogP contribution is -2.40. The minimum Gasteiger partial charge on any atom is -0.480 e. The van der Waals surface area contributed by atoms with E-state index < -0.39 is 12.0 Å². The van der Waals surface area contributed by atoms with Crippen molar-refractivity contribution in [1.29, 1.82) is 0 Å². The number of likely N-dealkylation sites (tertiary alicyclic amines) is 1. The number of hydrogen-bond donors (Lipinski definition) is 1. The molecule has 0 saturated carbocycles. The summed E-state index contributed by atoms with van der Waals surface area (Å²) in [5.74, 6) is -1.44. The Labute approximate surface area is 116 Å². The summed E-state index contributed by atoms with van der Waals surface area (Å²) in [6.07, 6.45) is 4.80. The van der Waals surface area contributed by atoms with Gasteiger partial charge in [0.1, 0.15) is 11.9 Å². The molecular formula is C15H16FNO3. The normalized spacial score (nSPS) is 18.6. The SMILES string of the molecule is O=C(O)[C@H]1CCCN1C(=O)C/C=C/c1ccc(F)cc1. The Hall–Kier alpha value is -2.17. The van der Waals surface area contributed by atoms with E-state index in [1.807, 2.05) is 0 Å². The molecule has 106 valence electrons. The zero-order chi connectivity index (χ0) is 14.5. The summed E-state index contributed by atoms with van der Waals surface area (Å²) in [6, 6.07) is 5.24. The predicted octanol–water partition coefficient (Wildman–Crippen LogP) is 2.30. The quantitative estimate of drug-likeness (QED) is 0.918. The van der Waals surface area contributed by atoms with Gasteiger partial charge in [0.05, 0.1) is 0 Å². The molecular weight excluding hydrogens is 261 g/mol. The standard InChI is InChI=1S/C15H16FNO3/c16-12-8-6-11(7-9-12)3-1-5-14(18)17-10-2-4-13(17)15(19)20/h1,3,6-9,13H,2,4-5,10H2,(H,19,20)/b3-1+/t13-/m1/s1. The molecule has 0 bridgehead atoms. The predicted molar refractivity (Wildman–Crippen MR) is 72.4 cm³/mol. The highest BCUT2D eigenvalue weighted by Crippen LogP contribution is 2.18. The van der Waals surface area contributed by atoms with Gasteiger partial charge in [-0.1, -0.05) is 24.3 Å². The molecule has 20 heavy (non-hydrogen) atoms. The van der Waals surface area contributed by atoms with Gasteiger partial charge in [0.15, 0.2) is 0 Å². The molecule has 0 spiro atoms. The van der Waals surface area contributed by atoms with Crippen LogP contribution in [0.5, 0.6) is 0 Å². The first-order chi connectivity index (χ1) is 9.58. The van der Waals surface area contributed by atoms with E-state index in [0.717, 1.165) is 12.0 Å². The largest absolute Gasteiger partial charge is 0.480 e. The number of benzene rings is 1. The molecule has 1 N–H and O–H groups in total. The van der Waals surface area contributed by atoms with E-state index in [1.165, 1.54) is 17.0 Å². The third-order valence-corrected chi connectivity index (χ3v) is 3.33. The van der Waals surface area contributed by atoms with E-state index >= 15 is 0 Å². The first-order valence-electron chi connectivity index (χ1n) is 6.52. The molecule has 4 nitrogen and oxygen atoms in total. The van der Waals surface area contributed by atoms with Crippen LogP contribution in [0.2, 0.25) is 0 Å². The maximum Gasteiger partial charge on any atom is 0.326 e. The van der Waals surface area contributed by atoms with E-state index in [4.69, 9.17) is 5.11 Å². The fraction of sp³-hybridized carbons (Fsp3) is 0.333. The Morgan fingerprint density at radius 2 is 2.05 bits per heavy atom. The van der Waals surface area contributed by atoms with Crippen LogP contribution in [0, 0.1) is 5.82 Å². The molecule has 1 aromatic carbocycles. The van der Waals surface area contributed by atoms with Crippen LogP contribution in [0.4, 0.5) is 4.39 Å². The van der Waals surface area contributed by atoms with E-state index in [1.54, 1.807) is 24.3 Å². The minimum absolute atomic E-state index is 0.154. The van der Waals surface area contributed by atoms with Gasteiger partial charge in [-0.15, -0.1) is 0 Å². The van der Waals surface area contributed by atoms with Crippen molar-refractivity contribution in [2.75, 3.05) is 6.54 Å². The van der Waals surface area contributed by atoms with E-state index in [-0.39, 0.29) is 18.1 Å². The van der Waals surface area contributed by atoms with Gasteiger partial charge in [-0.25, -0.2) is 9.18 Å². The van der Waals surface area contributed by atoms with Crippen LogP contribution < -0.4 is 0 Å². The number of nitrogens with zero attached hydrogens (tertiary/aromatic N) is 1. The number of carboxylic acids is 1. The summed E-state index contributed by atoms with van der Waals surface area (Å²) in [5.41, 5.74) is 0.801. The van der Waals surface area contributed by atoms with Gasteiger partial charge in [0.2, 0.25) is 5.91 Å². The van der Waals surface area contributed by atoms with Crippen molar-refractivity contribution in [3.63, 3.8) is 0 Å². The maximum absolute atomic E-state index is 12.7. The number of carbonyl (C=O) groups is 2. The van der Waals surface area contributed by atoms with Gasteiger partial charge < -0.3 is 10.0 Å². The van der Waals surface area contributed by atoms with E-state index in [0.29, 0.717) is 13.0 Å². The monoisotopic (exact) mass is 277 g/mol. The van der Waals surface area contributed by atoms with Gasteiger partial charge in [0, 0.05) is 13.0 Å². The molecule has 1 fully saturated rings. The van der Waals surface area contributed by atoms with Crippen molar-refractivity contribution in [2.24, 2.45) is 0 Å². The Kier molecular flexibility index (Phi) is 4.50. The molecule has 1 saturated heterocycles. The summed E-state index contributed by atoms with van der Waals surface area (Å²) in [5, 5.41) is 9.01. The Bertz CT molecular complexity index is 524. The number of halogens is 1.